The van der Waals surface area contributed by atoms with E-state index in [9.17, 15) is 0 Å². The first-order chi connectivity index (χ1) is 11.8. The predicted octanol–water partition coefficient (Wildman–Crippen LogP) is 2.72. The third-order valence-corrected chi connectivity index (χ3v) is 4.84. The first-order valence-electron chi connectivity index (χ1n) is 8.87. The van der Waals surface area contributed by atoms with Gasteiger partial charge in [-0.2, -0.15) is 5.10 Å². The van der Waals surface area contributed by atoms with Crippen molar-refractivity contribution in [2.24, 2.45) is 0 Å². The van der Waals surface area contributed by atoms with Crippen molar-refractivity contribution in [3.8, 4) is 5.75 Å². The summed E-state index contributed by atoms with van der Waals surface area (Å²) in [5.74, 6) is 1.48. The van der Waals surface area contributed by atoms with E-state index in [1.807, 2.05) is 24.4 Å². The van der Waals surface area contributed by atoms with E-state index < -0.39 is 0 Å². The highest BCUT2D eigenvalue weighted by Gasteiger charge is 2.24. The van der Waals surface area contributed by atoms with Crippen LogP contribution in [0.15, 0.2) is 30.5 Å². The van der Waals surface area contributed by atoms with E-state index in [4.69, 9.17) is 9.84 Å². The van der Waals surface area contributed by atoms with Crippen LogP contribution in [-0.2, 0) is 13.0 Å². The quantitative estimate of drug-likeness (QED) is 0.820. The molecule has 2 heterocycles. The molecular formula is C19H27N3O2. The lowest BCUT2D eigenvalue weighted by Gasteiger charge is -2.32. The SMILES string of the molecule is CCc1cn[nH]c1C1CCN(Cc2ccccc2OCCO)CC1. The Bertz CT molecular complexity index is 633. The molecule has 2 N–H and O–H groups in total. The molecule has 130 valence electrons. The Morgan fingerprint density at radius 2 is 2.04 bits per heavy atom. The molecule has 0 bridgehead atoms. The molecule has 1 aliphatic rings. The molecule has 0 unspecified atom stereocenters. The number of likely N-dealkylation sites (tertiary alicyclic amines) is 1. The summed E-state index contributed by atoms with van der Waals surface area (Å²) < 4.78 is 5.65. The lowest BCUT2D eigenvalue weighted by molar-refractivity contribution is 0.187. The van der Waals surface area contributed by atoms with Crippen LogP contribution in [0.2, 0.25) is 0 Å². The second-order valence-electron chi connectivity index (χ2n) is 6.39. The minimum atomic E-state index is 0.0453. The molecule has 1 aromatic heterocycles. The molecule has 0 spiro atoms. The zero-order chi connectivity index (χ0) is 16.8. The van der Waals surface area contributed by atoms with Gasteiger partial charge in [-0.3, -0.25) is 10.00 Å². The number of hydrogen-bond acceptors (Lipinski definition) is 4. The molecule has 1 fully saturated rings. The van der Waals surface area contributed by atoms with E-state index in [1.165, 1.54) is 16.8 Å². The summed E-state index contributed by atoms with van der Waals surface area (Å²) in [6.07, 6.45) is 5.34. The fraction of sp³-hybridized carbons (Fsp3) is 0.526. The Hall–Kier alpha value is -1.85. The van der Waals surface area contributed by atoms with E-state index in [0.717, 1.165) is 44.6 Å². The maximum absolute atomic E-state index is 8.96. The first kappa shape index (κ1) is 17.0. The molecule has 1 aliphatic heterocycles. The number of aromatic nitrogens is 2. The highest BCUT2D eigenvalue weighted by molar-refractivity contribution is 5.33. The molecular weight excluding hydrogens is 302 g/mol. The van der Waals surface area contributed by atoms with Crippen LogP contribution in [0.25, 0.3) is 0 Å². The number of ether oxygens (including phenoxy) is 1. The number of nitrogens with one attached hydrogen (secondary N) is 1. The molecule has 5 nitrogen and oxygen atoms in total. The Morgan fingerprint density at radius 3 is 2.79 bits per heavy atom. The third kappa shape index (κ3) is 3.97. The Balaban J connectivity index is 1.58. The van der Waals surface area contributed by atoms with Crippen LogP contribution in [-0.4, -0.2) is 46.5 Å². The van der Waals surface area contributed by atoms with Crippen molar-refractivity contribution in [2.45, 2.75) is 38.6 Å². The number of nitrogens with zero attached hydrogens (tertiary/aromatic N) is 2. The van der Waals surface area contributed by atoms with Crippen molar-refractivity contribution in [3.05, 3.63) is 47.3 Å². The van der Waals surface area contributed by atoms with Crippen LogP contribution in [0.1, 0.15) is 42.5 Å². The zero-order valence-electron chi connectivity index (χ0n) is 14.4. The molecule has 0 aliphatic carbocycles. The lowest BCUT2D eigenvalue weighted by atomic mass is 9.90. The van der Waals surface area contributed by atoms with E-state index >= 15 is 0 Å². The van der Waals surface area contributed by atoms with E-state index in [-0.39, 0.29) is 6.61 Å². The van der Waals surface area contributed by atoms with Gasteiger partial charge in [0.2, 0.25) is 0 Å². The van der Waals surface area contributed by atoms with Crippen LogP contribution >= 0.6 is 0 Å². The number of aromatic amines is 1. The average molecular weight is 329 g/mol. The predicted molar refractivity (Wildman–Crippen MR) is 94.2 cm³/mol. The maximum atomic E-state index is 8.96. The third-order valence-electron chi connectivity index (χ3n) is 4.84. The number of H-pyrrole nitrogens is 1. The van der Waals surface area contributed by atoms with Gasteiger partial charge < -0.3 is 9.84 Å². The van der Waals surface area contributed by atoms with Gasteiger partial charge >= 0.3 is 0 Å². The van der Waals surface area contributed by atoms with Gasteiger partial charge in [0.15, 0.2) is 0 Å². The van der Waals surface area contributed by atoms with Gasteiger partial charge in [0.1, 0.15) is 12.4 Å². The summed E-state index contributed by atoms with van der Waals surface area (Å²) in [4.78, 5) is 2.49. The number of aliphatic hydroxyl groups excluding tert-OH is 1. The largest absolute Gasteiger partial charge is 0.491 e. The van der Waals surface area contributed by atoms with Crippen molar-refractivity contribution in [1.29, 1.82) is 0 Å². The minimum Gasteiger partial charge on any atom is -0.491 e. The molecule has 1 aromatic carbocycles. The summed E-state index contributed by atoms with van der Waals surface area (Å²) in [5.41, 5.74) is 3.89. The Morgan fingerprint density at radius 1 is 1.25 bits per heavy atom. The van der Waals surface area contributed by atoms with Crippen molar-refractivity contribution in [2.75, 3.05) is 26.3 Å². The fourth-order valence-corrected chi connectivity index (χ4v) is 3.51. The maximum Gasteiger partial charge on any atom is 0.123 e. The van der Waals surface area contributed by atoms with E-state index in [0.29, 0.717) is 12.5 Å². The fourth-order valence-electron chi connectivity index (χ4n) is 3.51. The van der Waals surface area contributed by atoms with Crippen molar-refractivity contribution in [3.63, 3.8) is 0 Å². The molecule has 0 radical (unpaired) electrons. The van der Waals surface area contributed by atoms with Crippen molar-refractivity contribution in [1.82, 2.24) is 15.1 Å². The second-order valence-corrected chi connectivity index (χ2v) is 6.39. The van der Waals surface area contributed by atoms with E-state index in [2.05, 4.69) is 28.1 Å². The summed E-state index contributed by atoms with van der Waals surface area (Å²) in [7, 11) is 0. The second kappa shape index (κ2) is 8.31. The number of piperidine rings is 1. The average Bonchev–Trinajstić information content (AvgIpc) is 3.10. The molecule has 5 heteroatoms. The highest BCUT2D eigenvalue weighted by atomic mass is 16.5. The first-order valence-corrected chi connectivity index (χ1v) is 8.87. The summed E-state index contributed by atoms with van der Waals surface area (Å²) in [6, 6.07) is 8.12. The number of rotatable bonds is 7. The molecule has 0 saturated carbocycles. The van der Waals surface area contributed by atoms with Gasteiger partial charge in [0, 0.05) is 23.7 Å². The van der Waals surface area contributed by atoms with Crippen LogP contribution in [0.5, 0.6) is 5.75 Å². The summed E-state index contributed by atoms with van der Waals surface area (Å²) in [5, 5.41) is 16.4. The Labute approximate surface area is 143 Å². The van der Waals surface area contributed by atoms with Gasteiger partial charge in [-0.25, -0.2) is 0 Å². The standard InChI is InChI=1S/C19H27N3O2/c1-2-15-13-20-21-19(15)16-7-9-22(10-8-16)14-17-5-3-4-6-18(17)24-12-11-23/h3-6,13,16,23H,2,7-12,14H2,1H3,(H,20,21). The molecule has 0 amide bonds. The molecule has 0 atom stereocenters. The lowest BCUT2D eigenvalue weighted by Crippen LogP contribution is -2.33. The van der Waals surface area contributed by atoms with Crippen LogP contribution in [0.4, 0.5) is 0 Å². The summed E-state index contributed by atoms with van der Waals surface area (Å²) >= 11 is 0. The topological polar surface area (TPSA) is 61.4 Å². The number of para-hydroxylation sites is 1. The van der Waals surface area contributed by atoms with Crippen LogP contribution in [0.3, 0.4) is 0 Å². The number of aliphatic hydroxyl groups is 1. The molecule has 1 saturated heterocycles. The number of aryl methyl sites for hydroxylation is 1. The molecule has 24 heavy (non-hydrogen) atoms. The van der Waals surface area contributed by atoms with Gasteiger partial charge in [-0.05, 0) is 44.0 Å². The smallest absolute Gasteiger partial charge is 0.123 e. The van der Waals surface area contributed by atoms with Crippen molar-refractivity contribution >= 4 is 0 Å². The van der Waals surface area contributed by atoms with Gasteiger partial charge in [0.25, 0.3) is 0 Å². The molecule has 3 rings (SSSR count). The van der Waals surface area contributed by atoms with Crippen LogP contribution < -0.4 is 4.74 Å². The van der Waals surface area contributed by atoms with Gasteiger partial charge in [0.05, 0.1) is 12.8 Å². The highest BCUT2D eigenvalue weighted by Crippen LogP contribution is 2.30. The van der Waals surface area contributed by atoms with Gasteiger partial charge in [-0.15, -0.1) is 0 Å². The number of benzene rings is 1. The summed E-state index contributed by atoms with van der Waals surface area (Å²) in [6.45, 7) is 5.65. The molecule has 2 aromatic rings. The van der Waals surface area contributed by atoms with Crippen LogP contribution in [0, 0.1) is 0 Å². The monoisotopic (exact) mass is 329 g/mol. The van der Waals surface area contributed by atoms with E-state index in [1.54, 1.807) is 0 Å². The minimum absolute atomic E-state index is 0.0453. The normalized spacial score (nSPS) is 16.4. The zero-order valence-corrected chi connectivity index (χ0v) is 14.4. The number of hydrogen-bond donors (Lipinski definition) is 2. The van der Waals surface area contributed by atoms with Crippen molar-refractivity contribution < 1.29 is 9.84 Å². The van der Waals surface area contributed by atoms with Gasteiger partial charge in [-0.1, -0.05) is 25.1 Å². The Kier molecular flexibility index (Phi) is 5.88.